The second-order valence-corrected chi connectivity index (χ2v) is 3.88. The van der Waals surface area contributed by atoms with Crippen LogP contribution in [0.3, 0.4) is 0 Å². The third-order valence-corrected chi connectivity index (χ3v) is 1.50. The van der Waals surface area contributed by atoms with E-state index in [4.69, 9.17) is 26.8 Å². The van der Waals surface area contributed by atoms with Gasteiger partial charge in [0, 0.05) is 7.11 Å². The predicted octanol–water partition coefficient (Wildman–Crippen LogP) is -8.06. The van der Waals surface area contributed by atoms with Gasteiger partial charge in [0.1, 0.15) is 0 Å². The van der Waals surface area contributed by atoms with Crippen LogP contribution in [0.15, 0.2) is 0 Å². The maximum absolute atomic E-state index is 9.16. The first-order valence-electron chi connectivity index (χ1n) is 1.45. The molecule has 0 bridgehead atoms. The first kappa shape index (κ1) is 23.1. The Labute approximate surface area is 111 Å². The molecule has 0 aliphatic heterocycles. The Morgan fingerprint density at radius 1 is 1.27 bits per heavy atom. The van der Waals surface area contributed by atoms with Gasteiger partial charge in [-0.25, -0.2) is 8.42 Å². The molecule has 1 unspecified atom stereocenters. The van der Waals surface area contributed by atoms with Gasteiger partial charge in [0.2, 0.25) is 0 Å². The van der Waals surface area contributed by atoms with Crippen LogP contribution >= 0.6 is 0 Å². The fourth-order valence-electron chi connectivity index (χ4n) is 0. The van der Waals surface area contributed by atoms with Gasteiger partial charge in [0.05, 0.1) is 10.1 Å². The molecule has 58 valence electrons. The van der Waals surface area contributed by atoms with E-state index in [-0.39, 0.29) is 59.1 Å². The van der Waals surface area contributed by atoms with Crippen molar-refractivity contribution in [1.29, 1.82) is 0 Å². The Morgan fingerprint density at radius 3 is 1.36 bits per heavy atom. The number of aliphatic hydroxyl groups is 1. The van der Waals surface area contributed by atoms with Crippen LogP contribution in [0.25, 0.3) is 0 Å². The quantitative estimate of drug-likeness (QED) is 0.204. The summed E-state index contributed by atoms with van der Waals surface area (Å²) in [5, 5.41) is 7.00. The number of hydrogen-bond donors (Lipinski definition) is 1. The van der Waals surface area contributed by atoms with Crippen LogP contribution in [0.4, 0.5) is 0 Å². The predicted molar refractivity (Wildman–Crippen MR) is 26.8 cm³/mol. The van der Waals surface area contributed by atoms with Gasteiger partial charge in [-0.1, -0.05) is 0 Å². The molecule has 0 aromatic rings. The maximum atomic E-state index is 9.16. The molecular weight excluding hydrogens is 218 g/mol. The van der Waals surface area contributed by atoms with Crippen LogP contribution in [0.2, 0.25) is 0 Å². The van der Waals surface area contributed by atoms with Crippen LogP contribution in [0.1, 0.15) is 0 Å². The molecule has 0 aliphatic rings. The van der Waals surface area contributed by atoms with Crippen LogP contribution in [-0.2, 0) is 19.3 Å². The molecule has 11 heavy (non-hydrogen) atoms. The Hall–Kier alpha value is 1.98. The van der Waals surface area contributed by atoms with E-state index in [1.165, 1.54) is 0 Å². The molecule has 0 fully saturated rings. The molecule has 0 aromatic heterocycles. The van der Waals surface area contributed by atoms with Gasteiger partial charge in [-0.15, -0.1) is 0 Å². The van der Waals surface area contributed by atoms with E-state index in [2.05, 4.69) is 0 Å². The van der Waals surface area contributed by atoms with Crippen molar-refractivity contribution in [2.75, 3.05) is 7.11 Å². The molecule has 0 aromatic carbocycles. The average molecular weight is 222 g/mol. The summed E-state index contributed by atoms with van der Waals surface area (Å²) in [5.74, 6) is 0. The fourth-order valence-corrected chi connectivity index (χ4v) is 0. The van der Waals surface area contributed by atoms with E-state index in [0.717, 1.165) is 7.11 Å². The van der Waals surface area contributed by atoms with Crippen molar-refractivity contribution < 1.29 is 86.0 Å². The van der Waals surface area contributed by atoms with Gasteiger partial charge in [0.15, 0.2) is 9.15 Å². The molecule has 0 amide bonds. The van der Waals surface area contributed by atoms with E-state index in [9.17, 15) is 0 Å². The van der Waals surface area contributed by atoms with E-state index in [1.807, 2.05) is 0 Å². The molecule has 0 spiro atoms. The molecule has 0 rings (SSSR count). The van der Waals surface area contributed by atoms with Gasteiger partial charge < -0.3 is 14.2 Å². The molecular formula is CH4Na2O6S2. The Balaban J connectivity index is -0.0000000564. The largest absolute Gasteiger partial charge is 1.00 e. The SMILES string of the molecule is CO.O=S([O-])S(=O)(=O)[O-].[Na+].[Na+]. The Morgan fingerprint density at radius 2 is 1.36 bits per heavy atom. The van der Waals surface area contributed by atoms with Gasteiger partial charge in [0.25, 0.3) is 0 Å². The molecule has 1 N–H and O–H groups in total. The first-order valence-corrected chi connectivity index (χ1v) is 4.45. The van der Waals surface area contributed by atoms with Crippen molar-refractivity contribution in [3.8, 4) is 0 Å². The molecule has 6 nitrogen and oxygen atoms in total. The van der Waals surface area contributed by atoms with Crippen molar-refractivity contribution in [2.24, 2.45) is 0 Å². The zero-order chi connectivity index (χ0) is 8.08. The van der Waals surface area contributed by atoms with Crippen LogP contribution in [0, 0.1) is 0 Å². The summed E-state index contributed by atoms with van der Waals surface area (Å²) in [6.07, 6.45) is 0. The summed E-state index contributed by atoms with van der Waals surface area (Å²) in [5.41, 5.74) is 0. The van der Waals surface area contributed by atoms with Gasteiger partial charge in [-0.05, 0) is 0 Å². The van der Waals surface area contributed by atoms with Crippen molar-refractivity contribution >= 4 is 19.3 Å². The molecule has 0 saturated carbocycles. The molecule has 0 radical (unpaired) electrons. The summed E-state index contributed by atoms with van der Waals surface area (Å²) in [7, 11) is -7.59. The standard InChI is InChI=1S/CH4O.2Na.H2O5S2/c1-2;;;1-6(2)7(3,4)5/h2H,1H3;;;(H,1,2)(H,3,4,5)/q;2*+1;/p-2. The summed E-state index contributed by atoms with van der Waals surface area (Å²) >= 11 is 0. The fraction of sp³-hybridized carbons (Fsp3) is 1.00. The van der Waals surface area contributed by atoms with E-state index in [0.29, 0.717) is 0 Å². The monoisotopic (exact) mass is 222 g/mol. The van der Waals surface area contributed by atoms with Gasteiger partial charge >= 0.3 is 59.1 Å². The van der Waals surface area contributed by atoms with Crippen molar-refractivity contribution in [3.63, 3.8) is 0 Å². The minimum Gasteiger partial charge on any atom is -0.761 e. The first-order chi connectivity index (χ1) is 3.94. The summed E-state index contributed by atoms with van der Waals surface area (Å²) in [6.45, 7) is 0. The maximum Gasteiger partial charge on any atom is 1.00 e. The summed E-state index contributed by atoms with van der Waals surface area (Å²) in [6, 6.07) is 0. The third-order valence-electron chi connectivity index (χ3n) is 0.167. The van der Waals surface area contributed by atoms with Gasteiger partial charge in [-0.3, -0.25) is 4.21 Å². The molecule has 1 atom stereocenters. The van der Waals surface area contributed by atoms with Gasteiger partial charge in [-0.2, -0.15) is 0 Å². The summed E-state index contributed by atoms with van der Waals surface area (Å²) in [4.78, 5) is 0. The molecule has 0 heterocycles. The third kappa shape index (κ3) is 18.7. The average Bonchev–Trinajstić information content (AvgIpc) is 1.69. The normalized spacial score (nSPS) is 10.9. The number of rotatable bonds is 1. The second-order valence-electron chi connectivity index (χ2n) is 0.612. The molecule has 10 heteroatoms. The van der Waals surface area contributed by atoms with Crippen LogP contribution < -0.4 is 59.1 Å². The molecule has 0 aliphatic carbocycles. The second kappa shape index (κ2) is 12.0. The number of hydrogen-bond acceptors (Lipinski definition) is 6. The topological polar surface area (TPSA) is 118 Å². The van der Waals surface area contributed by atoms with Crippen molar-refractivity contribution in [3.05, 3.63) is 0 Å². The van der Waals surface area contributed by atoms with Crippen LogP contribution in [-0.4, -0.2) is 33.9 Å². The van der Waals surface area contributed by atoms with Crippen LogP contribution in [0.5, 0.6) is 0 Å². The van der Waals surface area contributed by atoms with E-state index in [1.54, 1.807) is 0 Å². The Bertz CT molecular complexity index is 173. The smallest absolute Gasteiger partial charge is 0.761 e. The zero-order valence-electron chi connectivity index (χ0n) is 6.30. The van der Waals surface area contributed by atoms with Crippen molar-refractivity contribution in [1.82, 2.24) is 0 Å². The zero-order valence-corrected chi connectivity index (χ0v) is 11.9. The Kier molecular flexibility index (Phi) is 25.2. The minimum absolute atomic E-state index is 0. The minimum atomic E-state index is -5.07. The summed E-state index contributed by atoms with van der Waals surface area (Å²) < 4.78 is 45.7. The van der Waals surface area contributed by atoms with Crippen molar-refractivity contribution in [2.45, 2.75) is 0 Å². The number of aliphatic hydroxyl groups excluding tert-OH is 1. The molecule has 0 saturated heterocycles. The van der Waals surface area contributed by atoms with E-state index < -0.39 is 19.3 Å². The van der Waals surface area contributed by atoms with E-state index >= 15 is 0 Å².